The highest BCUT2D eigenvalue weighted by atomic mass is 35.5. The average molecular weight is 272 g/mol. The molecule has 5 nitrogen and oxygen atoms in total. The summed E-state index contributed by atoms with van der Waals surface area (Å²) in [4.78, 5) is 15.7. The van der Waals surface area contributed by atoms with Crippen LogP contribution in [0.2, 0.25) is 5.15 Å². The SMILES string of the molecule is CC(C)(C)OC(=O)NC(CN)c1cccc(Cl)n1. The molecule has 0 saturated heterocycles. The molecule has 0 saturated carbocycles. The van der Waals surface area contributed by atoms with Crippen LogP contribution in [0.5, 0.6) is 0 Å². The van der Waals surface area contributed by atoms with Crippen molar-refractivity contribution in [1.29, 1.82) is 0 Å². The highest BCUT2D eigenvalue weighted by Crippen LogP contribution is 2.14. The normalized spacial score (nSPS) is 12.9. The number of carbonyl (C=O) groups excluding carboxylic acids is 1. The lowest BCUT2D eigenvalue weighted by Crippen LogP contribution is -2.38. The van der Waals surface area contributed by atoms with Crippen LogP contribution in [0.1, 0.15) is 32.5 Å². The van der Waals surface area contributed by atoms with Gasteiger partial charge in [-0.15, -0.1) is 0 Å². The fraction of sp³-hybridized carbons (Fsp3) is 0.500. The van der Waals surface area contributed by atoms with Gasteiger partial charge in [0, 0.05) is 6.54 Å². The maximum atomic E-state index is 11.6. The molecule has 0 aliphatic rings. The Labute approximate surface area is 112 Å². The number of rotatable bonds is 3. The van der Waals surface area contributed by atoms with E-state index >= 15 is 0 Å². The second kappa shape index (κ2) is 6.02. The first-order valence-corrected chi connectivity index (χ1v) is 6.01. The lowest BCUT2D eigenvalue weighted by Gasteiger charge is -2.22. The first-order valence-electron chi connectivity index (χ1n) is 5.64. The van der Waals surface area contributed by atoms with E-state index in [1.807, 2.05) is 0 Å². The molecule has 0 spiro atoms. The summed E-state index contributed by atoms with van der Waals surface area (Å²) in [7, 11) is 0. The number of aromatic nitrogens is 1. The van der Waals surface area contributed by atoms with Crippen molar-refractivity contribution in [3.05, 3.63) is 29.0 Å². The largest absolute Gasteiger partial charge is 0.444 e. The Morgan fingerprint density at radius 3 is 2.72 bits per heavy atom. The fourth-order valence-electron chi connectivity index (χ4n) is 1.32. The van der Waals surface area contributed by atoms with Gasteiger partial charge in [-0.3, -0.25) is 0 Å². The van der Waals surface area contributed by atoms with Crippen molar-refractivity contribution in [1.82, 2.24) is 10.3 Å². The first kappa shape index (κ1) is 14.7. The average Bonchev–Trinajstić information content (AvgIpc) is 2.23. The summed E-state index contributed by atoms with van der Waals surface area (Å²) in [5.74, 6) is 0. The molecule has 0 fully saturated rings. The summed E-state index contributed by atoms with van der Waals surface area (Å²) in [6.45, 7) is 5.59. The predicted octanol–water partition coefficient (Wildman–Crippen LogP) is 2.26. The summed E-state index contributed by atoms with van der Waals surface area (Å²) < 4.78 is 5.16. The molecule has 1 rings (SSSR count). The number of nitrogens with zero attached hydrogens (tertiary/aromatic N) is 1. The number of nitrogens with two attached hydrogens (primary N) is 1. The zero-order valence-electron chi connectivity index (χ0n) is 10.7. The van der Waals surface area contributed by atoms with E-state index < -0.39 is 17.7 Å². The third-order valence-corrected chi connectivity index (χ3v) is 2.23. The molecule has 1 aromatic heterocycles. The predicted molar refractivity (Wildman–Crippen MR) is 70.4 cm³/mol. The second-order valence-corrected chi connectivity index (χ2v) is 5.21. The number of pyridine rings is 1. The lowest BCUT2D eigenvalue weighted by molar-refractivity contribution is 0.0504. The summed E-state index contributed by atoms with van der Waals surface area (Å²) in [6, 6.07) is 4.75. The van der Waals surface area contributed by atoms with Gasteiger partial charge < -0.3 is 15.8 Å². The maximum absolute atomic E-state index is 11.6. The molecule has 0 bridgehead atoms. The van der Waals surface area contributed by atoms with Crippen molar-refractivity contribution in [3.8, 4) is 0 Å². The van der Waals surface area contributed by atoms with Gasteiger partial charge in [-0.25, -0.2) is 9.78 Å². The summed E-state index contributed by atoms with van der Waals surface area (Å²) in [5, 5.41) is 3.02. The standard InChI is InChI=1S/C12H18ClN3O2/c1-12(2,3)18-11(17)16-9(7-14)8-5-4-6-10(13)15-8/h4-6,9H,7,14H2,1-3H3,(H,16,17). The molecule has 3 N–H and O–H groups in total. The van der Waals surface area contributed by atoms with Crippen LogP contribution in [0.25, 0.3) is 0 Å². The minimum atomic E-state index is -0.551. The lowest BCUT2D eigenvalue weighted by atomic mass is 10.2. The van der Waals surface area contributed by atoms with Crippen molar-refractivity contribution >= 4 is 17.7 Å². The van der Waals surface area contributed by atoms with E-state index in [0.29, 0.717) is 10.8 Å². The van der Waals surface area contributed by atoms with E-state index in [4.69, 9.17) is 22.1 Å². The van der Waals surface area contributed by atoms with Gasteiger partial charge in [0.05, 0.1) is 11.7 Å². The first-order chi connectivity index (χ1) is 8.31. The van der Waals surface area contributed by atoms with Gasteiger partial charge in [-0.1, -0.05) is 17.7 Å². The van der Waals surface area contributed by atoms with Gasteiger partial charge in [0.1, 0.15) is 10.8 Å². The van der Waals surface area contributed by atoms with Crippen LogP contribution in [-0.2, 0) is 4.74 Å². The van der Waals surface area contributed by atoms with E-state index in [1.165, 1.54) is 0 Å². The Bertz CT molecular complexity index is 418. The second-order valence-electron chi connectivity index (χ2n) is 4.82. The zero-order valence-corrected chi connectivity index (χ0v) is 11.5. The highest BCUT2D eigenvalue weighted by Gasteiger charge is 2.20. The Morgan fingerprint density at radius 1 is 1.56 bits per heavy atom. The molecule has 1 heterocycles. The zero-order chi connectivity index (χ0) is 13.8. The van der Waals surface area contributed by atoms with E-state index in [0.717, 1.165) is 0 Å². The van der Waals surface area contributed by atoms with Gasteiger partial charge in [0.15, 0.2) is 0 Å². The van der Waals surface area contributed by atoms with E-state index in [1.54, 1.807) is 39.0 Å². The molecule has 100 valence electrons. The molecule has 1 amide bonds. The maximum Gasteiger partial charge on any atom is 0.408 e. The molecule has 18 heavy (non-hydrogen) atoms. The minimum Gasteiger partial charge on any atom is -0.444 e. The van der Waals surface area contributed by atoms with E-state index in [-0.39, 0.29) is 6.54 Å². The summed E-state index contributed by atoms with van der Waals surface area (Å²) >= 11 is 5.79. The van der Waals surface area contributed by atoms with Crippen molar-refractivity contribution in [2.24, 2.45) is 5.73 Å². The molecule has 0 aliphatic carbocycles. The van der Waals surface area contributed by atoms with Crippen molar-refractivity contribution < 1.29 is 9.53 Å². The molecule has 6 heteroatoms. The van der Waals surface area contributed by atoms with Gasteiger partial charge in [-0.2, -0.15) is 0 Å². The fourth-order valence-corrected chi connectivity index (χ4v) is 1.49. The van der Waals surface area contributed by atoms with Crippen molar-refractivity contribution in [2.45, 2.75) is 32.4 Å². The Kier molecular flexibility index (Phi) is 4.93. The molecule has 1 aromatic rings. The quantitative estimate of drug-likeness (QED) is 0.827. The van der Waals surface area contributed by atoms with Gasteiger partial charge in [-0.05, 0) is 32.9 Å². The molecule has 0 radical (unpaired) electrons. The van der Waals surface area contributed by atoms with Crippen LogP contribution in [0.15, 0.2) is 18.2 Å². The van der Waals surface area contributed by atoms with Crippen LogP contribution in [0.3, 0.4) is 0 Å². The van der Waals surface area contributed by atoms with Gasteiger partial charge >= 0.3 is 6.09 Å². The van der Waals surface area contributed by atoms with Crippen molar-refractivity contribution in [2.75, 3.05) is 6.54 Å². The summed E-state index contributed by atoms with van der Waals surface area (Å²) in [5.41, 5.74) is 5.67. The third kappa shape index (κ3) is 4.89. The van der Waals surface area contributed by atoms with Crippen molar-refractivity contribution in [3.63, 3.8) is 0 Å². The van der Waals surface area contributed by atoms with Gasteiger partial charge in [0.25, 0.3) is 0 Å². The molecular weight excluding hydrogens is 254 g/mol. The summed E-state index contributed by atoms with van der Waals surface area (Å²) in [6.07, 6.45) is -0.528. The van der Waals surface area contributed by atoms with Crippen LogP contribution < -0.4 is 11.1 Å². The highest BCUT2D eigenvalue weighted by molar-refractivity contribution is 6.29. The Balaban J connectivity index is 2.71. The number of halogens is 1. The molecule has 0 aliphatic heterocycles. The number of carbonyl (C=O) groups is 1. The molecular formula is C12H18ClN3O2. The number of alkyl carbamates (subject to hydrolysis) is 1. The Hall–Kier alpha value is -1.33. The van der Waals surface area contributed by atoms with Crippen LogP contribution in [0, 0.1) is 0 Å². The van der Waals surface area contributed by atoms with Crippen LogP contribution >= 0.6 is 11.6 Å². The minimum absolute atomic E-state index is 0.215. The number of hydrogen-bond donors (Lipinski definition) is 2. The monoisotopic (exact) mass is 271 g/mol. The number of hydrogen-bond acceptors (Lipinski definition) is 4. The van der Waals surface area contributed by atoms with Crippen LogP contribution in [-0.4, -0.2) is 23.2 Å². The topological polar surface area (TPSA) is 77.2 Å². The van der Waals surface area contributed by atoms with Gasteiger partial charge in [0.2, 0.25) is 0 Å². The molecule has 0 aromatic carbocycles. The van der Waals surface area contributed by atoms with E-state index in [2.05, 4.69) is 10.3 Å². The smallest absolute Gasteiger partial charge is 0.408 e. The van der Waals surface area contributed by atoms with Crippen LogP contribution in [0.4, 0.5) is 4.79 Å². The molecule has 1 unspecified atom stereocenters. The van der Waals surface area contributed by atoms with E-state index in [9.17, 15) is 4.79 Å². The molecule has 1 atom stereocenters. The number of nitrogens with one attached hydrogen (secondary N) is 1. The number of amides is 1. The number of ether oxygens (including phenoxy) is 1. The third-order valence-electron chi connectivity index (χ3n) is 2.02. The Morgan fingerprint density at radius 2 is 2.22 bits per heavy atom.